The van der Waals surface area contributed by atoms with Gasteiger partial charge in [0, 0.05) is 24.1 Å². The van der Waals surface area contributed by atoms with E-state index in [1.54, 1.807) is 0 Å². The Balaban J connectivity index is 2.08. The van der Waals surface area contributed by atoms with E-state index >= 15 is 0 Å². The van der Waals surface area contributed by atoms with Gasteiger partial charge in [-0.2, -0.15) is 0 Å². The van der Waals surface area contributed by atoms with Gasteiger partial charge in [0.1, 0.15) is 17.5 Å². The van der Waals surface area contributed by atoms with Gasteiger partial charge in [-0.3, -0.25) is 4.79 Å². The fourth-order valence-electron chi connectivity index (χ4n) is 2.10. The Hall–Kier alpha value is -1.85. The summed E-state index contributed by atoms with van der Waals surface area (Å²) in [6, 6.07) is 0. The second kappa shape index (κ2) is 5.87. The summed E-state index contributed by atoms with van der Waals surface area (Å²) in [5, 5.41) is 9.15. The van der Waals surface area contributed by atoms with Crippen molar-refractivity contribution < 1.29 is 4.79 Å². The average molecular weight is 291 g/mol. The van der Waals surface area contributed by atoms with Crippen molar-refractivity contribution in [2.24, 2.45) is 0 Å². The molecule has 0 spiro atoms. The number of anilines is 2. The van der Waals surface area contributed by atoms with Crippen LogP contribution in [0.3, 0.4) is 0 Å². The lowest BCUT2D eigenvalue weighted by Crippen LogP contribution is -2.43. The fraction of sp³-hybridized carbons (Fsp3) is 0.667. The Kier molecular flexibility index (Phi) is 4.34. The number of rotatable bonds is 5. The van der Waals surface area contributed by atoms with Crippen LogP contribution in [0.4, 0.5) is 11.6 Å². The summed E-state index contributed by atoms with van der Waals surface area (Å²) in [7, 11) is 1.85. The zero-order valence-electron chi connectivity index (χ0n) is 13.5. The first-order valence-electron chi connectivity index (χ1n) is 7.41. The Morgan fingerprint density at radius 2 is 1.86 bits per heavy atom. The van der Waals surface area contributed by atoms with Gasteiger partial charge in [0.2, 0.25) is 5.91 Å². The van der Waals surface area contributed by atoms with Crippen molar-refractivity contribution in [2.75, 3.05) is 24.2 Å². The third-order valence-corrected chi connectivity index (χ3v) is 3.27. The van der Waals surface area contributed by atoms with Crippen LogP contribution in [0.25, 0.3) is 0 Å². The molecular formula is C15H25N5O. The molecule has 21 heavy (non-hydrogen) atoms. The molecule has 1 aromatic heterocycles. The summed E-state index contributed by atoms with van der Waals surface area (Å²) in [5.74, 6) is 2.86. The summed E-state index contributed by atoms with van der Waals surface area (Å²) in [6.07, 6.45) is 2.30. The summed E-state index contributed by atoms with van der Waals surface area (Å²) >= 11 is 0. The maximum absolute atomic E-state index is 11.9. The molecule has 1 saturated carbocycles. The highest BCUT2D eigenvalue weighted by atomic mass is 16.2. The molecule has 0 atom stereocenters. The van der Waals surface area contributed by atoms with E-state index < -0.39 is 0 Å². The van der Waals surface area contributed by atoms with Gasteiger partial charge in [-0.15, -0.1) is 0 Å². The molecule has 6 heteroatoms. The number of nitrogens with one attached hydrogen (secondary N) is 3. The van der Waals surface area contributed by atoms with E-state index in [0.29, 0.717) is 5.92 Å². The van der Waals surface area contributed by atoms with E-state index in [4.69, 9.17) is 0 Å². The molecule has 1 aliphatic carbocycles. The molecule has 0 bridgehead atoms. The summed E-state index contributed by atoms with van der Waals surface area (Å²) < 4.78 is 0. The molecule has 0 radical (unpaired) electrons. The molecular weight excluding hydrogens is 266 g/mol. The first kappa shape index (κ1) is 15.5. The van der Waals surface area contributed by atoms with Crippen LogP contribution in [-0.4, -0.2) is 35.0 Å². The zero-order chi connectivity index (χ0) is 15.6. The Morgan fingerprint density at radius 1 is 1.24 bits per heavy atom. The van der Waals surface area contributed by atoms with Gasteiger partial charge >= 0.3 is 0 Å². The number of aromatic nitrogens is 2. The van der Waals surface area contributed by atoms with Crippen molar-refractivity contribution in [3.63, 3.8) is 0 Å². The molecule has 6 nitrogen and oxygen atoms in total. The van der Waals surface area contributed by atoms with E-state index in [1.165, 1.54) is 0 Å². The van der Waals surface area contributed by atoms with Crippen molar-refractivity contribution >= 4 is 17.5 Å². The second-order valence-electron chi connectivity index (χ2n) is 6.58. The Bertz CT molecular complexity index is 532. The predicted octanol–water partition coefficient (Wildman–Crippen LogP) is 2.03. The number of hydrogen-bond acceptors (Lipinski definition) is 5. The molecule has 1 heterocycles. The van der Waals surface area contributed by atoms with Crippen molar-refractivity contribution in [1.82, 2.24) is 15.3 Å². The SMILES string of the molecule is CNc1nc(C2CC2)nc(NCC(=O)NC(C)(C)C)c1C. The van der Waals surface area contributed by atoms with Crippen molar-refractivity contribution in [2.45, 2.75) is 52.0 Å². The molecule has 1 aliphatic rings. The van der Waals surface area contributed by atoms with Crippen molar-refractivity contribution in [3.05, 3.63) is 11.4 Å². The maximum atomic E-state index is 11.9. The van der Waals surface area contributed by atoms with Gasteiger partial charge < -0.3 is 16.0 Å². The van der Waals surface area contributed by atoms with Crippen LogP contribution in [0.2, 0.25) is 0 Å². The van der Waals surface area contributed by atoms with Gasteiger partial charge in [-0.25, -0.2) is 9.97 Å². The number of nitrogens with zero attached hydrogens (tertiary/aromatic N) is 2. The molecule has 1 amide bonds. The molecule has 2 rings (SSSR count). The third-order valence-electron chi connectivity index (χ3n) is 3.27. The number of hydrogen-bond donors (Lipinski definition) is 3. The fourth-order valence-corrected chi connectivity index (χ4v) is 2.10. The molecule has 1 aromatic rings. The van der Waals surface area contributed by atoms with Crippen LogP contribution in [0.15, 0.2) is 0 Å². The van der Waals surface area contributed by atoms with Crippen LogP contribution >= 0.6 is 0 Å². The first-order chi connectivity index (χ1) is 9.80. The van der Waals surface area contributed by atoms with Gasteiger partial charge in [-0.1, -0.05) is 0 Å². The molecule has 0 aromatic carbocycles. The number of carbonyl (C=O) groups is 1. The molecule has 116 valence electrons. The zero-order valence-corrected chi connectivity index (χ0v) is 13.5. The lowest BCUT2D eigenvalue weighted by Gasteiger charge is -2.21. The van der Waals surface area contributed by atoms with Crippen LogP contribution in [0.5, 0.6) is 0 Å². The van der Waals surface area contributed by atoms with Gasteiger partial charge in [0.25, 0.3) is 0 Å². The molecule has 3 N–H and O–H groups in total. The van der Waals surface area contributed by atoms with Crippen LogP contribution in [0.1, 0.15) is 50.9 Å². The standard InChI is InChI=1S/C15H25N5O/c1-9-12(16-5)18-14(10-6-7-10)19-13(9)17-8-11(21)20-15(2,3)4/h10H,6-8H2,1-5H3,(H,20,21)(H2,16,17,18,19). The highest BCUT2D eigenvalue weighted by Gasteiger charge is 2.28. The quantitative estimate of drug-likeness (QED) is 0.773. The predicted molar refractivity (Wildman–Crippen MR) is 84.7 cm³/mol. The minimum absolute atomic E-state index is 0.0421. The third kappa shape index (κ3) is 4.31. The van der Waals surface area contributed by atoms with E-state index in [-0.39, 0.29) is 18.0 Å². The smallest absolute Gasteiger partial charge is 0.239 e. The van der Waals surface area contributed by atoms with E-state index in [2.05, 4.69) is 25.9 Å². The van der Waals surface area contributed by atoms with Crippen LogP contribution in [0, 0.1) is 6.92 Å². The average Bonchev–Trinajstić information content (AvgIpc) is 3.19. The normalized spacial score (nSPS) is 14.7. The van der Waals surface area contributed by atoms with E-state index in [1.807, 2.05) is 34.7 Å². The molecule has 0 saturated heterocycles. The van der Waals surface area contributed by atoms with Crippen molar-refractivity contribution in [3.8, 4) is 0 Å². The molecule has 0 aliphatic heterocycles. The van der Waals surface area contributed by atoms with Gasteiger partial charge in [0.05, 0.1) is 6.54 Å². The summed E-state index contributed by atoms with van der Waals surface area (Å²) in [5.41, 5.74) is 0.708. The topological polar surface area (TPSA) is 78.9 Å². The number of amides is 1. The van der Waals surface area contributed by atoms with E-state index in [9.17, 15) is 4.79 Å². The number of carbonyl (C=O) groups excluding carboxylic acids is 1. The molecule has 0 unspecified atom stereocenters. The lowest BCUT2D eigenvalue weighted by atomic mass is 10.1. The lowest BCUT2D eigenvalue weighted by molar-refractivity contribution is -0.120. The maximum Gasteiger partial charge on any atom is 0.239 e. The Labute approximate surface area is 126 Å². The summed E-state index contributed by atoms with van der Waals surface area (Å²) in [4.78, 5) is 21.0. The summed E-state index contributed by atoms with van der Waals surface area (Å²) in [6.45, 7) is 8.05. The van der Waals surface area contributed by atoms with Gasteiger partial charge in [0.15, 0.2) is 0 Å². The van der Waals surface area contributed by atoms with Crippen LogP contribution < -0.4 is 16.0 Å². The second-order valence-corrected chi connectivity index (χ2v) is 6.58. The van der Waals surface area contributed by atoms with Gasteiger partial charge in [-0.05, 0) is 40.5 Å². The van der Waals surface area contributed by atoms with Crippen molar-refractivity contribution in [1.29, 1.82) is 0 Å². The first-order valence-corrected chi connectivity index (χ1v) is 7.41. The van der Waals surface area contributed by atoms with Crippen LogP contribution in [-0.2, 0) is 4.79 Å². The molecule has 1 fully saturated rings. The highest BCUT2D eigenvalue weighted by molar-refractivity contribution is 5.81. The highest BCUT2D eigenvalue weighted by Crippen LogP contribution is 2.39. The largest absolute Gasteiger partial charge is 0.373 e. The monoisotopic (exact) mass is 291 g/mol. The Morgan fingerprint density at radius 3 is 2.38 bits per heavy atom. The minimum atomic E-state index is -0.227. The van der Waals surface area contributed by atoms with E-state index in [0.717, 1.165) is 35.9 Å². The minimum Gasteiger partial charge on any atom is -0.373 e.